The third-order valence-corrected chi connectivity index (χ3v) is 10.8. The first-order valence-electron chi connectivity index (χ1n) is 13.4. The molecule has 3 saturated heterocycles. The van der Waals surface area contributed by atoms with Gasteiger partial charge in [-0.05, 0) is 113 Å². The lowest BCUT2D eigenvalue weighted by Gasteiger charge is -2.50. The van der Waals surface area contributed by atoms with Crippen molar-refractivity contribution in [3.63, 3.8) is 0 Å². The van der Waals surface area contributed by atoms with Gasteiger partial charge in [0.05, 0.1) is 17.0 Å². The van der Waals surface area contributed by atoms with E-state index in [2.05, 4.69) is 48.3 Å². The largest absolute Gasteiger partial charge is 0.312 e. The number of halogens is 1. The maximum atomic E-state index is 9.58. The van der Waals surface area contributed by atoms with E-state index in [1.807, 2.05) is 0 Å². The molecule has 180 valence electrons. The van der Waals surface area contributed by atoms with Crippen molar-refractivity contribution in [2.75, 3.05) is 13.1 Å². The van der Waals surface area contributed by atoms with Gasteiger partial charge in [0.25, 0.3) is 0 Å². The van der Waals surface area contributed by atoms with Gasteiger partial charge in [0, 0.05) is 24.7 Å². The van der Waals surface area contributed by atoms with Gasteiger partial charge in [0.15, 0.2) is 0 Å². The van der Waals surface area contributed by atoms with Gasteiger partial charge in [-0.2, -0.15) is 5.26 Å². The van der Waals surface area contributed by atoms with Crippen molar-refractivity contribution in [3.05, 3.63) is 0 Å². The lowest BCUT2D eigenvalue weighted by Crippen LogP contribution is -2.59. The Labute approximate surface area is 200 Å². The van der Waals surface area contributed by atoms with E-state index in [1.165, 1.54) is 44.9 Å². The molecule has 0 aromatic heterocycles. The Kier molecular flexibility index (Phi) is 6.82. The van der Waals surface area contributed by atoms with Gasteiger partial charge in [-0.25, -0.2) is 0 Å². The predicted octanol–water partition coefficient (Wildman–Crippen LogP) is 4.00. The summed E-state index contributed by atoms with van der Waals surface area (Å²) in [6.07, 6.45) is 10.1. The second kappa shape index (κ2) is 9.34. The van der Waals surface area contributed by atoms with Gasteiger partial charge < -0.3 is 10.6 Å². The summed E-state index contributed by atoms with van der Waals surface area (Å²) in [5.74, 6) is 5.14. The molecule has 9 atom stereocenters. The maximum Gasteiger partial charge on any atom is 0.0828 e. The standard InChI is InChI=1S/C26H44ClN5/c1-15-10-23(27)30-12-20(15)17-6-9-21-19(11-17)24-22(13-29-21)31-32-25(24)16-4-7-18(8-5-16)26(2,3)14-28/h15-25,29-32H,4-13H2,1-3H3. The van der Waals surface area contributed by atoms with E-state index >= 15 is 0 Å². The number of hydrogen-bond donors (Lipinski definition) is 4. The average molecular weight is 462 g/mol. The number of hydrazine groups is 1. The molecule has 9 unspecified atom stereocenters. The van der Waals surface area contributed by atoms with Crippen LogP contribution in [0.5, 0.6) is 0 Å². The molecule has 5 nitrogen and oxygen atoms in total. The van der Waals surface area contributed by atoms with Crippen LogP contribution in [0.1, 0.15) is 72.1 Å². The summed E-state index contributed by atoms with van der Waals surface area (Å²) in [6.45, 7) is 8.90. The zero-order valence-corrected chi connectivity index (χ0v) is 21.0. The van der Waals surface area contributed by atoms with Crippen LogP contribution in [0.4, 0.5) is 0 Å². The lowest BCUT2D eigenvalue weighted by molar-refractivity contribution is 0.0355. The first kappa shape index (κ1) is 23.4. The number of rotatable bonds is 3. The highest BCUT2D eigenvalue weighted by molar-refractivity contribution is 6.20. The number of nitriles is 1. The van der Waals surface area contributed by atoms with Crippen LogP contribution in [0.3, 0.4) is 0 Å². The summed E-state index contributed by atoms with van der Waals surface area (Å²) in [7, 11) is 0. The van der Waals surface area contributed by atoms with Crippen LogP contribution in [0, 0.1) is 58.2 Å². The SMILES string of the molecule is CC1CC(Cl)NCC1C1CCC2NCC3NNC(C4CCC(C(C)(C)C#N)CC4)C3C2C1. The predicted molar refractivity (Wildman–Crippen MR) is 130 cm³/mol. The summed E-state index contributed by atoms with van der Waals surface area (Å²) in [5, 5.41) is 17.1. The van der Waals surface area contributed by atoms with Crippen LogP contribution >= 0.6 is 11.6 Å². The van der Waals surface area contributed by atoms with Gasteiger partial charge >= 0.3 is 0 Å². The summed E-state index contributed by atoms with van der Waals surface area (Å²) >= 11 is 6.40. The third-order valence-electron chi connectivity index (χ3n) is 10.4. The van der Waals surface area contributed by atoms with E-state index in [-0.39, 0.29) is 10.9 Å². The lowest BCUT2D eigenvalue weighted by atomic mass is 9.59. The molecule has 0 bridgehead atoms. The number of nitrogens with zero attached hydrogens (tertiary/aromatic N) is 1. The Morgan fingerprint density at radius 3 is 2.31 bits per heavy atom. The fraction of sp³-hybridized carbons (Fsp3) is 0.962. The van der Waals surface area contributed by atoms with E-state index < -0.39 is 0 Å². The molecule has 0 aromatic rings. The van der Waals surface area contributed by atoms with Crippen molar-refractivity contribution in [2.24, 2.45) is 46.8 Å². The molecule has 6 heteroatoms. The average Bonchev–Trinajstić information content (AvgIpc) is 3.24. The Hall–Kier alpha value is -0.380. The molecular weight excluding hydrogens is 418 g/mol. The van der Waals surface area contributed by atoms with Gasteiger partial charge in [0.2, 0.25) is 0 Å². The molecule has 5 rings (SSSR count). The van der Waals surface area contributed by atoms with Crippen molar-refractivity contribution in [3.8, 4) is 6.07 Å². The molecule has 32 heavy (non-hydrogen) atoms. The van der Waals surface area contributed by atoms with E-state index in [1.54, 1.807) is 0 Å². The highest BCUT2D eigenvalue weighted by Gasteiger charge is 2.52. The molecule has 2 saturated carbocycles. The molecule has 5 fully saturated rings. The topological polar surface area (TPSA) is 71.9 Å². The monoisotopic (exact) mass is 461 g/mol. The van der Waals surface area contributed by atoms with Crippen molar-refractivity contribution in [1.29, 1.82) is 5.26 Å². The molecule has 3 heterocycles. The number of fused-ring (bicyclic) bond motifs is 3. The zero-order valence-electron chi connectivity index (χ0n) is 20.2. The van der Waals surface area contributed by atoms with Crippen molar-refractivity contribution in [2.45, 2.75) is 95.8 Å². The first-order valence-corrected chi connectivity index (χ1v) is 13.8. The summed E-state index contributed by atoms with van der Waals surface area (Å²) < 4.78 is 0. The van der Waals surface area contributed by atoms with Crippen LogP contribution in [0.25, 0.3) is 0 Å². The van der Waals surface area contributed by atoms with Gasteiger partial charge in [-0.1, -0.05) is 6.92 Å². The van der Waals surface area contributed by atoms with E-state index in [0.29, 0.717) is 24.0 Å². The Morgan fingerprint density at radius 2 is 1.59 bits per heavy atom. The fourth-order valence-electron chi connectivity index (χ4n) is 8.39. The molecule has 3 aliphatic heterocycles. The minimum Gasteiger partial charge on any atom is -0.312 e. The van der Waals surface area contributed by atoms with E-state index in [0.717, 1.165) is 55.0 Å². The summed E-state index contributed by atoms with van der Waals surface area (Å²) in [5.41, 5.74) is 7.48. The highest BCUT2D eigenvalue weighted by Crippen LogP contribution is 2.49. The van der Waals surface area contributed by atoms with Gasteiger partial charge in [-0.3, -0.25) is 10.9 Å². The van der Waals surface area contributed by atoms with Crippen molar-refractivity contribution < 1.29 is 0 Å². The molecular formula is C26H44ClN5. The normalized spacial score (nSPS) is 49.7. The summed E-state index contributed by atoms with van der Waals surface area (Å²) in [4.78, 5) is 0. The number of hydrogen-bond acceptors (Lipinski definition) is 5. The molecule has 4 N–H and O–H groups in total. The van der Waals surface area contributed by atoms with E-state index in [9.17, 15) is 5.26 Å². The maximum absolute atomic E-state index is 9.58. The van der Waals surface area contributed by atoms with Crippen LogP contribution in [-0.4, -0.2) is 36.7 Å². The Morgan fingerprint density at radius 1 is 0.844 bits per heavy atom. The molecule has 0 radical (unpaired) electrons. The molecule has 0 aromatic carbocycles. The van der Waals surface area contributed by atoms with Crippen molar-refractivity contribution >= 4 is 11.6 Å². The molecule has 5 aliphatic rings. The molecule has 0 amide bonds. The molecule has 0 spiro atoms. The van der Waals surface area contributed by atoms with E-state index in [4.69, 9.17) is 11.6 Å². The smallest absolute Gasteiger partial charge is 0.0828 e. The Bertz CT molecular complexity index is 699. The minimum absolute atomic E-state index is 0.159. The van der Waals surface area contributed by atoms with Crippen LogP contribution in [0.2, 0.25) is 0 Å². The second-order valence-corrected chi connectivity index (χ2v) is 13.0. The van der Waals surface area contributed by atoms with Crippen LogP contribution in [0.15, 0.2) is 0 Å². The second-order valence-electron chi connectivity index (χ2n) is 12.4. The zero-order chi connectivity index (χ0) is 22.5. The number of alkyl halides is 1. The minimum atomic E-state index is -0.182. The van der Waals surface area contributed by atoms with Gasteiger partial charge in [0.1, 0.15) is 0 Å². The van der Waals surface area contributed by atoms with Crippen LogP contribution < -0.4 is 21.5 Å². The quantitative estimate of drug-likeness (QED) is 0.377. The Balaban J connectivity index is 1.26. The van der Waals surface area contributed by atoms with Crippen molar-refractivity contribution in [1.82, 2.24) is 21.5 Å². The van der Waals surface area contributed by atoms with Gasteiger partial charge in [-0.15, -0.1) is 11.6 Å². The van der Waals surface area contributed by atoms with Crippen LogP contribution in [-0.2, 0) is 0 Å². The number of piperidine rings is 2. The number of nitrogens with one attached hydrogen (secondary N) is 4. The fourth-order valence-corrected chi connectivity index (χ4v) is 8.76. The highest BCUT2D eigenvalue weighted by atomic mass is 35.5. The summed E-state index contributed by atoms with van der Waals surface area (Å²) in [6, 6.07) is 4.41. The third kappa shape index (κ3) is 4.36. The first-order chi connectivity index (χ1) is 15.4. The molecule has 2 aliphatic carbocycles.